The van der Waals surface area contributed by atoms with Crippen LogP contribution in [0.3, 0.4) is 0 Å². The van der Waals surface area contributed by atoms with Crippen molar-refractivity contribution in [2.24, 2.45) is 0 Å². The Morgan fingerprint density at radius 3 is 1.71 bits per heavy atom. The molecule has 0 amide bonds. The Balaban J connectivity index is 1.25. The molecule has 0 N–H and O–H groups in total. The van der Waals surface area contributed by atoms with Crippen LogP contribution in [0.25, 0.3) is 38.6 Å². The molecule has 232 valence electrons. The number of hydrogen-bond acceptors (Lipinski definition) is 3. The van der Waals surface area contributed by atoms with Crippen LogP contribution >= 0.6 is 0 Å². The molecule has 0 unspecified atom stereocenters. The molecule has 7 aromatic carbocycles. The lowest BCUT2D eigenvalue weighted by molar-refractivity contribution is 0.596. The highest BCUT2D eigenvalue weighted by Gasteiger charge is 2.20. The van der Waals surface area contributed by atoms with E-state index in [2.05, 4.69) is 126 Å². The quantitative estimate of drug-likeness (QED) is 0.174. The lowest BCUT2D eigenvalue weighted by Gasteiger charge is -2.25. The Labute approximate surface area is 280 Å². The van der Waals surface area contributed by atoms with Crippen molar-refractivity contribution in [1.82, 2.24) is 4.57 Å². The molecule has 8 rings (SSSR count). The first-order chi connectivity index (χ1) is 23.5. The monoisotopic (exact) mass is 640 g/mol. The van der Waals surface area contributed by atoms with Gasteiger partial charge in [-0.1, -0.05) is 97.1 Å². The van der Waals surface area contributed by atoms with Gasteiger partial charge in [0.1, 0.15) is 0 Å². The highest BCUT2D eigenvalue weighted by atomic mass is 32.2. The third-order valence-electron chi connectivity index (χ3n) is 9.02. The Morgan fingerprint density at radius 2 is 1.04 bits per heavy atom. The smallest absolute Gasteiger partial charge is 0.206 e. The molecular formula is C43H32N2O2S. The number of rotatable bonds is 7. The highest BCUT2D eigenvalue weighted by molar-refractivity contribution is 7.91. The number of nitrogens with zero attached hydrogens (tertiary/aromatic N) is 2. The Kier molecular flexibility index (Phi) is 7.39. The van der Waals surface area contributed by atoms with Crippen LogP contribution in [-0.4, -0.2) is 13.0 Å². The minimum absolute atomic E-state index is 0.282. The van der Waals surface area contributed by atoms with Gasteiger partial charge < -0.3 is 9.47 Å². The van der Waals surface area contributed by atoms with E-state index in [1.807, 2.05) is 30.3 Å². The fourth-order valence-corrected chi connectivity index (χ4v) is 7.97. The molecule has 0 aliphatic carbocycles. The fraction of sp³-hybridized carbons (Fsp3) is 0.0233. The summed E-state index contributed by atoms with van der Waals surface area (Å²) in [6.45, 7) is 2.14. The molecule has 1 aromatic heterocycles. The summed E-state index contributed by atoms with van der Waals surface area (Å²) in [5, 5.41) is 2.34. The molecule has 8 aromatic rings. The van der Waals surface area contributed by atoms with E-state index in [4.69, 9.17) is 0 Å². The summed E-state index contributed by atoms with van der Waals surface area (Å²) >= 11 is 0. The van der Waals surface area contributed by atoms with Crippen LogP contribution < -0.4 is 4.90 Å². The number of aromatic nitrogens is 1. The second-order valence-corrected chi connectivity index (χ2v) is 13.8. The van der Waals surface area contributed by atoms with E-state index in [-0.39, 0.29) is 4.90 Å². The Bertz CT molecular complexity index is 2470. The zero-order chi connectivity index (χ0) is 32.7. The fourth-order valence-electron chi connectivity index (χ4n) is 6.69. The van der Waals surface area contributed by atoms with Crippen molar-refractivity contribution in [3.63, 3.8) is 0 Å². The second kappa shape index (κ2) is 12.0. The molecule has 1 heterocycles. The number of para-hydroxylation sites is 3. The average molecular weight is 641 g/mol. The summed E-state index contributed by atoms with van der Waals surface area (Å²) in [7, 11) is -3.59. The van der Waals surface area contributed by atoms with Crippen molar-refractivity contribution in [1.29, 1.82) is 0 Å². The molecule has 0 aliphatic rings. The summed E-state index contributed by atoms with van der Waals surface area (Å²) in [4.78, 5) is 2.87. The van der Waals surface area contributed by atoms with Gasteiger partial charge in [0, 0.05) is 33.5 Å². The van der Waals surface area contributed by atoms with Crippen LogP contribution in [0.2, 0.25) is 0 Å². The molecule has 48 heavy (non-hydrogen) atoms. The molecule has 0 saturated heterocycles. The first kappa shape index (κ1) is 29.5. The van der Waals surface area contributed by atoms with Crippen LogP contribution in [0.15, 0.2) is 186 Å². The van der Waals surface area contributed by atoms with Gasteiger partial charge in [0.25, 0.3) is 0 Å². The molecule has 0 fully saturated rings. The predicted molar refractivity (Wildman–Crippen MR) is 198 cm³/mol. The van der Waals surface area contributed by atoms with Crippen molar-refractivity contribution in [2.45, 2.75) is 16.7 Å². The van der Waals surface area contributed by atoms with Gasteiger partial charge in [0.05, 0.1) is 20.8 Å². The molecule has 0 atom stereocenters. The zero-order valence-electron chi connectivity index (χ0n) is 26.4. The SMILES string of the molecule is Cc1c(-c2ccc(S(=O)(=O)c3ccccc3)cc2)cccc1-n1c2ccccc2c2cc(N(c3ccccc3)c3ccccc3)ccc21. The van der Waals surface area contributed by atoms with Crippen LogP contribution in [0.5, 0.6) is 0 Å². The van der Waals surface area contributed by atoms with E-state index in [1.54, 1.807) is 36.4 Å². The zero-order valence-corrected chi connectivity index (χ0v) is 27.2. The number of anilines is 3. The molecule has 0 saturated carbocycles. The van der Waals surface area contributed by atoms with Gasteiger partial charge in [0.15, 0.2) is 0 Å². The summed E-state index contributed by atoms with van der Waals surface area (Å²) in [6, 6.07) is 58.3. The van der Waals surface area contributed by atoms with Crippen LogP contribution in [0.4, 0.5) is 17.1 Å². The molecule has 0 radical (unpaired) electrons. The first-order valence-electron chi connectivity index (χ1n) is 15.9. The Hall–Kier alpha value is -5.91. The highest BCUT2D eigenvalue weighted by Crippen LogP contribution is 2.40. The normalized spacial score (nSPS) is 11.6. The summed E-state index contributed by atoms with van der Waals surface area (Å²) < 4.78 is 28.8. The van der Waals surface area contributed by atoms with Crippen molar-refractivity contribution in [2.75, 3.05) is 4.90 Å². The van der Waals surface area contributed by atoms with E-state index in [0.29, 0.717) is 4.90 Å². The van der Waals surface area contributed by atoms with Crippen molar-refractivity contribution >= 4 is 48.7 Å². The van der Waals surface area contributed by atoms with Crippen molar-refractivity contribution in [3.05, 3.63) is 181 Å². The number of hydrogen-bond donors (Lipinski definition) is 0. The van der Waals surface area contributed by atoms with Gasteiger partial charge in [-0.3, -0.25) is 0 Å². The maximum absolute atomic E-state index is 13.2. The predicted octanol–water partition coefficient (Wildman–Crippen LogP) is 11.1. The van der Waals surface area contributed by atoms with Gasteiger partial charge in [-0.15, -0.1) is 0 Å². The average Bonchev–Trinajstić information content (AvgIpc) is 3.47. The maximum Gasteiger partial charge on any atom is 0.206 e. The topological polar surface area (TPSA) is 42.3 Å². The van der Waals surface area contributed by atoms with E-state index >= 15 is 0 Å². The molecular weight excluding hydrogens is 609 g/mol. The second-order valence-electron chi connectivity index (χ2n) is 11.9. The van der Waals surface area contributed by atoms with Gasteiger partial charge in [0.2, 0.25) is 9.84 Å². The van der Waals surface area contributed by atoms with E-state index in [0.717, 1.165) is 50.5 Å². The summed E-state index contributed by atoms with van der Waals surface area (Å²) in [5.74, 6) is 0. The molecule has 0 bridgehead atoms. The minimum Gasteiger partial charge on any atom is -0.310 e. The van der Waals surface area contributed by atoms with E-state index in [1.165, 1.54) is 10.8 Å². The van der Waals surface area contributed by atoms with Crippen LogP contribution in [0, 0.1) is 6.92 Å². The molecule has 0 aliphatic heterocycles. The van der Waals surface area contributed by atoms with Crippen LogP contribution in [0.1, 0.15) is 5.56 Å². The summed E-state index contributed by atoms with van der Waals surface area (Å²) in [5.41, 5.74) is 9.72. The Morgan fingerprint density at radius 1 is 0.479 bits per heavy atom. The minimum atomic E-state index is -3.59. The third kappa shape index (κ3) is 5.05. The van der Waals surface area contributed by atoms with E-state index in [9.17, 15) is 8.42 Å². The number of fused-ring (bicyclic) bond motifs is 3. The number of sulfone groups is 1. The van der Waals surface area contributed by atoms with Crippen LogP contribution in [-0.2, 0) is 9.84 Å². The van der Waals surface area contributed by atoms with Gasteiger partial charge in [-0.25, -0.2) is 8.42 Å². The standard InChI is InChI=1S/C43H32N2O2S/c1-31-38(32-24-27-37(28-25-32)48(46,47)36-18-9-4-10-19-36)21-13-23-41(31)45-42-22-12-11-20-39(42)40-30-35(26-29-43(40)45)44(33-14-5-2-6-15-33)34-16-7-3-8-17-34/h2-30H,1H3. The van der Waals surface area contributed by atoms with Crippen molar-refractivity contribution < 1.29 is 8.42 Å². The first-order valence-corrected chi connectivity index (χ1v) is 17.4. The van der Waals surface area contributed by atoms with Gasteiger partial charge in [-0.2, -0.15) is 0 Å². The van der Waals surface area contributed by atoms with Gasteiger partial charge in [-0.05, 0) is 102 Å². The summed E-state index contributed by atoms with van der Waals surface area (Å²) in [6.07, 6.45) is 0. The molecule has 0 spiro atoms. The lowest BCUT2D eigenvalue weighted by atomic mass is 9.99. The number of benzene rings is 7. The van der Waals surface area contributed by atoms with E-state index < -0.39 is 9.84 Å². The largest absolute Gasteiger partial charge is 0.310 e. The third-order valence-corrected chi connectivity index (χ3v) is 10.8. The van der Waals surface area contributed by atoms with Crippen molar-refractivity contribution in [3.8, 4) is 16.8 Å². The van der Waals surface area contributed by atoms with Gasteiger partial charge >= 0.3 is 0 Å². The molecule has 5 heteroatoms. The lowest BCUT2D eigenvalue weighted by Crippen LogP contribution is -2.09. The maximum atomic E-state index is 13.2. The molecule has 4 nitrogen and oxygen atoms in total.